The summed E-state index contributed by atoms with van der Waals surface area (Å²) in [5.74, 6) is 1.40. The third-order valence-electron chi connectivity index (χ3n) is 2.31. The molecule has 0 aromatic carbocycles. The van der Waals surface area contributed by atoms with Crippen molar-refractivity contribution in [1.29, 1.82) is 0 Å². The van der Waals surface area contributed by atoms with Gasteiger partial charge in [-0.1, -0.05) is 0 Å². The number of carbonyl (C=O) groups is 1. The van der Waals surface area contributed by atoms with E-state index in [0.717, 1.165) is 6.54 Å². The minimum atomic E-state index is -0.0558. The highest BCUT2D eigenvalue weighted by Crippen LogP contribution is 2.15. The quantitative estimate of drug-likeness (QED) is 0.692. The number of nitrogens with zero attached hydrogens (tertiary/aromatic N) is 3. The van der Waals surface area contributed by atoms with Crippen molar-refractivity contribution in [2.75, 3.05) is 36.1 Å². The molecule has 0 radical (unpaired) electrons. The summed E-state index contributed by atoms with van der Waals surface area (Å²) in [7, 11) is 1.79. The minimum absolute atomic E-state index is 0.0558. The molecule has 0 aliphatic rings. The van der Waals surface area contributed by atoms with Crippen LogP contribution in [0.3, 0.4) is 0 Å². The molecule has 1 aromatic heterocycles. The molecular formula is C12H22N6O. The highest BCUT2D eigenvalue weighted by molar-refractivity contribution is 5.81. The van der Waals surface area contributed by atoms with Crippen molar-refractivity contribution in [1.82, 2.24) is 15.3 Å². The number of likely N-dealkylation sites (N-methyl/N-ethyl adjacent to an activating group) is 1. The summed E-state index contributed by atoms with van der Waals surface area (Å²) in [5, 5.41) is 5.90. The monoisotopic (exact) mass is 266 g/mol. The Morgan fingerprint density at radius 2 is 2.16 bits per heavy atom. The van der Waals surface area contributed by atoms with Crippen molar-refractivity contribution in [2.45, 2.75) is 26.8 Å². The van der Waals surface area contributed by atoms with Crippen molar-refractivity contribution in [3.8, 4) is 0 Å². The maximum Gasteiger partial charge on any atom is 0.239 e. The number of nitrogen functional groups attached to an aromatic ring is 1. The number of amides is 1. The summed E-state index contributed by atoms with van der Waals surface area (Å²) >= 11 is 0. The average molecular weight is 266 g/mol. The minimum Gasteiger partial charge on any atom is -0.370 e. The van der Waals surface area contributed by atoms with Gasteiger partial charge in [0.15, 0.2) is 0 Å². The van der Waals surface area contributed by atoms with E-state index in [4.69, 9.17) is 5.73 Å². The molecular weight excluding hydrogens is 244 g/mol. The van der Waals surface area contributed by atoms with Gasteiger partial charge in [0.1, 0.15) is 11.6 Å². The second kappa shape index (κ2) is 6.77. The number of nitrogens with one attached hydrogen (secondary N) is 2. The first-order chi connectivity index (χ1) is 8.92. The van der Waals surface area contributed by atoms with Gasteiger partial charge in [-0.05, 0) is 20.8 Å². The second-order valence-corrected chi connectivity index (χ2v) is 4.58. The number of hydrogen-bond donors (Lipinski definition) is 3. The zero-order chi connectivity index (χ0) is 14.4. The van der Waals surface area contributed by atoms with Crippen LogP contribution in [0.1, 0.15) is 20.8 Å². The lowest BCUT2D eigenvalue weighted by Crippen LogP contribution is -2.38. The fraction of sp³-hybridized carbons (Fsp3) is 0.583. The van der Waals surface area contributed by atoms with Crippen LogP contribution in [0.5, 0.6) is 0 Å². The first-order valence-electron chi connectivity index (χ1n) is 6.31. The van der Waals surface area contributed by atoms with Crippen LogP contribution in [0.2, 0.25) is 0 Å². The molecule has 0 unspecified atom stereocenters. The summed E-state index contributed by atoms with van der Waals surface area (Å²) in [6.45, 7) is 6.78. The number of anilines is 3. The van der Waals surface area contributed by atoms with Gasteiger partial charge >= 0.3 is 0 Å². The van der Waals surface area contributed by atoms with Crippen molar-refractivity contribution in [3.05, 3.63) is 6.07 Å². The van der Waals surface area contributed by atoms with Crippen molar-refractivity contribution < 1.29 is 4.79 Å². The lowest BCUT2D eigenvalue weighted by molar-refractivity contribution is -0.120. The molecule has 0 aliphatic heterocycles. The van der Waals surface area contributed by atoms with Crippen LogP contribution in [0.4, 0.5) is 17.6 Å². The van der Waals surface area contributed by atoms with Crippen molar-refractivity contribution >= 4 is 23.5 Å². The Balaban J connectivity index is 2.75. The number of rotatable bonds is 6. The molecule has 106 valence electrons. The van der Waals surface area contributed by atoms with Crippen LogP contribution in [0, 0.1) is 0 Å². The van der Waals surface area contributed by atoms with E-state index in [0.29, 0.717) is 11.6 Å². The Morgan fingerprint density at radius 3 is 2.74 bits per heavy atom. The molecule has 0 fully saturated rings. The first kappa shape index (κ1) is 15.0. The summed E-state index contributed by atoms with van der Waals surface area (Å²) < 4.78 is 0. The standard InChI is InChI=1S/C12H22N6O/c1-5-14-9-6-10(17-12(13)16-9)18(4)7-11(19)15-8(2)3/h6,8H,5,7H2,1-4H3,(H,15,19)(H3,13,14,16,17). The van der Waals surface area contributed by atoms with Gasteiger partial charge in [-0.25, -0.2) is 0 Å². The summed E-state index contributed by atoms with van der Waals surface area (Å²) in [6, 6.07) is 1.89. The molecule has 0 saturated heterocycles. The van der Waals surface area contributed by atoms with Gasteiger partial charge in [-0.2, -0.15) is 9.97 Å². The maximum atomic E-state index is 11.7. The third kappa shape index (κ3) is 4.99. The molecule has 1 amide bonds. The molecule has 0 aliphatic carbocycles. The summed E-state index contributed by atoms with van der Waals surface area (Å²) in [4.78, 5) is 21.6. The Hall–Kier alpha value is -2.05. The lowest BCUT2D eigenvalue weighted by Gasteiger charge is -2.19. The normalized spacial score (nSPS) is 10.4. The zero-order valence-corrected chi connectivity index (χ0v) is 11.9. The SMILES string of the molecule is CCNc1cc(N(C)CC(=O)NC(C)C)nc(N)n1. The molecule has 19 heavy (non-hydrogen) atoms. The van der Waals surface area contributed by atoms with Crippen LogP contribution in [-0.2, 0) is 4.79 Å². The maximum absolute atomic E-state index is 11.7. The fourth-order valence-corrected chi connectivity index (χ4v) is 1.58. The number of hydrogen-bond acceptors (Lipinski definition) is 6. The van der Waals surface area contributed by atoms with Gasteiger partial charge in [0, 0.05) is 25.7 Å². The fourth-order valence-electron chi connectivity index (χ4n) is 1.58. The highest BCUT2D eigenvalue weighted by atomic mass is 16.2. The van der Waals surface area contributed by atoms with Gasteiger partial charge in [0.05, 0.1) is 6.54 Å². The predicted octanol–water partition coefficient (Wildman–Crippen LogP) is 0.451. The number of nitrogens with two attached hydrogens (primary N) is 1. The molecule has 1 rings (SSSR count). The van der Waals surface area contributed by atoms with E-state index in [2.05, 4.69) is 20.6 Å². The average Bonchev–Trinajstić information content (AvgIpc) is 2.27. The summed E-state index contributed by atoms with van der Waals surface area (Å²) in [6.07, 6.45) is 0. The molecule has 7 nitrogen and oxygen atoms in total. The Bertz CT molecular complexity index is 434. The molecule has 0 spiro atoms. The van der Waals surface area contributed by atoms with Gasteiger partial charge in [-0.15, -0.1) is 0 Å². The highest BCUT2D eigenvalue weighted by Gasteiger charge is 2.11. The van der Waals surface area contributed by atoms with Crippen LogP contribution in [0.25, 0.3) is 0 Å². The van der Waals surface area contributed by atoms with Crippen LogP contribution < -0.4 is 21.3 Å². The molecule has 0 bridgehead atoms. The lowest BCUT2D eigenvalue weighted by atomic mass is 10.3. The van der Waals surface area contributed by atoms with E-state index in [1.54, 1.807) is 18.0 Å². The molecule has 1 heterocycles. The van der Waals surface area contributed by atoms with E-state index >= 15 is 0 Å². The number of aromatic nitrogens is 2. The van der Waals surface area contributed by atoms with Gasteiger partial charge in [0.25, 0.3) is 0 Å². The largest absolute Gasteiger partial charge is 0.370 e. The van der Waals surface area contributed by atoms with Gasteiger partial charge < -0.3 is 21.3 Å². The predicted molar refractivity (Wildman–Crippen MR) is 77.2 cm³/mol. The van der Waals surface area contributed by atoms with E-state index in [9.17, 15) is 4.79 Å². The van der Waals surface area contributed by atoms with E-state index < -0.39 is 0 Å². The Kier molecular flexibility index (Phi) is 5.35. The zero-order valence-electron chi connectivity index (χ0n) is 11.9. The smallest absolute Gasteiger partial charge is 0.239 e. The number of carbonyl (C=O) groups excluding carboxylic acids is 1. The van der Waals surface area contributed by atoms with E-state index in [1.165, 1.54) is 0 Å². The van der Waals surface area contributed by atoms with Crippen molar-refractivity contribution in [2.24, 2.45) is 0 Å². The molecule has 7 heteroatoms. The Morgan fingerprint density at radius 1 is 1.47 bits per heavy atom. The van der Waals surface area contributed by atoms with Gasteiger partial charge in [0.2, 0.25) is 11.9 Å². The van der Waals surface area contributed by atoms with Crippen LogP contribution >= 0.6 is 0 Å². The van der Waals surface area contributed by atoms with E-state index in [1.807, 2.05) is 20.8 Å². The molecule has 1 aromatic rings. The molecule has 0 atom stereocenters. The summed E-state index contributed by atoms with van der Waals surface area (Å²) in [5.41, 5.74) is 5.65. The van der Waals surface area contributed by atoms with E-state index in [-0.39, 0.29) is 24.4 Å². The molecule has 0 saturated carbocycles. The molecule has 4 N–H and O–H groups in total. The van der Waals surface area contributed by atoms with Gasteiger partial charge in [-0.3, -0.25) is 4.79 Å². The van der Waals surface area contributed by atoms with Crippen LogP contribution in [0.15, 0.2) is 6.07 Å². The Labute approximate surface area is 113 Å². The second-order valence-electron chi connectivity index (χ2n) is 4.58. The third-order valence-corrected chi connectivity index (χ3v) is 2.31. The van der Waals surface area contributed by atoms with Crippen molar-refractivity contribution in [3.63, 3.8) is 0 Å². The van der Waals surface area contributed by atoms with Crippen LogP contribution in [-0.4, -0.2) is 42.1 Å². The topological polar surface area (TPSA) is 96.2 Å². The first-order valence-corrected chi connectivity index (χ1v) is 6.31.